The van der Waals surface area contributed by atoms with Gasteiger partial charge in [-0.2, -0.15) is 5.10 Å². The molecule has 5 heteroatoms. The highest BCUT2D eigenvalue weighted by atomic mass is 16.2. The predicted molar refractivity (Wildman–Crippen MR) is 76.5 cm³/mol. The van der Waals surface area contributed by atoms with Crippen molar-refractivity contribution in [2.75, 3.05) is 13.1 Å². The van der Waals surface area contributed by atoms with Crippen LogP contribution < -0.4 is 0 Å². The fourth-order valence-corrected chi connectivity index (χ4v) is 2.18. The van der Waals surface area contributed by atoms with Crippen molar-refractivity contribution in [2.24, 2.45) is 4.99 Å². The second-order valence-electron chi connectivity index (χ2n) is 4.65. The number of nitrogens with one attached hydrogen (secondary N) is 1. The minimum Gasteiger partial charge on any atom is -0.339 e. The Morgan fingerprint density at radius 1 is 1.37 bits per heavy atom. The van der Waals surface area contributed by atoms with E-state index in [1.165, 1.54) is 0 Å². The first kappa shape index (κ1) is 13.5. The molecule has 1 N–H and O–H groups in total. The average Bonchev–Trinajstić information content (AvgIpc) is 2.75. The first-order chi connectivity index (χ1) is 9.26. The molecule has 0 radical (unpaired) electrons. The number of carbonyl (C=O) groups excluding carboxylic acids is 1. The van der Waals surface area contributed by atoms with E-state index in [-0.39, 0.29) is 5.91 Å². The molecule has 1 aliphatic rings. The van der Waals surface area contributed by atoms with Gasteiger partial charge in [-0.3, -0.25) is 14.9 Å². The van der Waals surface area contributed by atoms with Crippen molar-refractivity contribution in [2.45, 2.75) is 33.1 Å². The number of fused-ring (bicyclic) bond motifs is 1. The van der Waals surface area contributed by atoms with Crippen LogP contribution in [0.2, 0.25) is 0 Å². The molecular formula is C14H20N4O. The van der Waals surface area contributed by atoms with E-state index in [9.17, 15) is 4.79 Å². The highest BCUT2D eigenvalue weighted by Gasteiger charge is 2.18. The van der Waals surface area contributed by atoms with Gasteiger partial charge in [0.1, 0.15) is 5.69 Å². The lowest BCUT2D eigenvalue weighted by Gasteiger charge is -2.22. The number of aliphatic imine (C=N–C) groups is 1. The van der Waals surface area contributed by atoms with E-state index in [4.69, 9.17) is 0 Å². The van der Waals surface area contributed by atoms with Crippen molar-refractivity contribution in [3.05, 3.63) is 17.5 Å². The number of hydrogen-bond acceptors (Lipinski definition) is 3. The van der Waals surface area contributed by atoms with Crippen molar-refractivity contribution in [1.82, 2.24) is 15.1 Å². The maximum atomic E-state index is 12.5. The molecule has 0 aromatic carbocycles. The molecule has 1 aliphatic heterocycles. The molecule has 0 atom stereocenters. The van der Waals surface area contributed by atoms with Gasteiger partial charge >= 0.3 is 0 Å². The van der Waals surface area contributed by atoms with Gasteiger partial charge in [-0.25, -0.2) is 0 Å². The molecule has 1 aromatic rings. The molecule has 2 heterocycles. The summed E-state index contributed by atoms with van der Waals surface area (Å²) in [5, 5.41) is 6.82. The Bertz CT molecular complexity index is 495. The summed E-state index contributed by atoms with van der Waals surface area (Å²) in [6, 6.07) is 0. The Balaban J connectivity index is 2.21. The zero-order chi connectivity index (χ0) is 13.7. The lowest BCUT2D eigenvalue weighted by Crippen LogP contribution is -2.33. The third-order valence-corrected chi connectivity index (χ3v) is 3.06. The van der Waals surface area contributed by atoms with Crippen LogP contribution in [0.15, 0.2) is 16.8 Å². The number of hydrogen-bond donors (Lipinski definition) is 1. The summed E-state index contributed by atoms with van der Waals surface area (Å²) >= 11 is 0. The van der Waals surface area contributed by atoms with Gasteiger partial charge in [0.25, 0.3) is 0 Å². The number of rotatable bonds is 5. The van der Waals surface area contributed by atoms with Crippen LogP contribution in [0.3, 0.4) is 0 Å². The van der Waals surface area contributed by atoms with Gasteiger partial charge in [-0.15, -0.1) is 0 Å². The first-order valence-electron chi connectivity index (χ1n) is 6.82. The number of H-pyrrole nitrogens is 1. The summed E-state index contributed by atoms with van der Waals surface area (Å²) in [4.78, 5) is 18.7. The average molecular weight is 260 g/mol. The highest BCUT2D eigenvalue weighted by molar-refractivity contribution is 6.01. The topological polar surface area (TPSA) is 61.4 Å². The molecule has 0 unspecified atom stereocenters. The molecule has 0 saturated heterocycles. The molecule has 2 rings (SSSR count). The lowest BCUT2D eigenvalue weighted by molar-refractivity contribution is -0.127. The summed E-state index contributed by atoms with van der Waals surface area (Å²) in [6.07, 6.45) is 7.85. The maximum Gasteiger partial charge on any atom is 0.250 e. The minimum atomic E-state index is 0.109. The first-order valence-corrected chi connectivity index (χ1v) is 6.82. The van der Waals surface area contributed by atoms with Crippen molar-refractivity contribution >= 4 is 23.9 Å². The molecule has 102 valence electrons. The summed E-state index contributed by atoms with van der Waals surface area (Å²) in [6.45, 7) is 5.78. The quantitative estimate of drug-likeness (QED) is 0.884. The Hall–Kier alpha value is -1.91. The summed E-state index contributed by atoms with van der Waals surface area (Å²) < 4.78 is 0. The third kappa shape index (κ3) is 3.10. The largest absolute Gasteiger partial charge is 0.339 e. The summed E-state index contributed by atoms with van der Waals surface area (Å²) in [5.41, 5.74) is 2.37. The van der Waals surface area contributed by atoms with Gasteiger partial charge in [0, 0.05) is 31.3 Å². The molecule has 0 spiro atoms. The highest BCUT2D eigenvalue weighted by Crippen LogP contribution is 2.23. The van der Waals surface area contributed by atoms with Crippen LogP contribution >= 0.6 is 0 Å². The normalized spacial score (nSPS) is 13.7. The third-order valence-electron chi connectivity index (χ3n) is 3.06. The Labute approximate surface area is 113 Å². The summed E-state index contributed by atoms with van der Waals surface area (Å²) in [5.74, 6) is 0.109. The molecule has 1 aromatic heterocycles. The minimum absolute atomic E-state index is 0.109. The molecule has 5 nitrogen and oxygen atoms in total. The van der Waals surface area contributed by atoms with Crippen LogP contribution in [-0.4, -0.2) is 40.3 Å². The van der Waals surface area contributed by atoms with Crippen molar-refractivity contribution in [1.29, 1.82) is 0 Å². The Kier molecular flexibility index (Phi) is 4.49. The Morgan fingerprint density at radius 2 is 2.11 bits per heavy atom. The van der Waals surface area contributed by atoms with E-state index >= 15 is 0 Å². The van der Waals surface area contributed by atoms with Crippen LogP contribution in [0.1, 0.15) is 38.8 Å². The van der Waals surface area contributed by atoms with Crippen LogP contribution in [0, 0.1) is 0 Å². The fraction of sp³-hybridized carbons (Fsp3) is 0.500. The fourth-order valence-electron chi connectivity index (χ4n) is 2.18. The van der Waals surface area contributed by atoms with Crippen LogP contribution in [0.5, 0.6) is 0 Å². The zero-order valence-corrected chi connectivity index (χ0v) is 11.5. The molecule has 1 amide bonds. The second kappa shape index (κ2) is 6.31. The van der Waals surface area contributed by atoms with Crippen molar-refractivity contribution < 1.29 is 4.79 Å². The van der Waals surface area contributed by atoms with Crippen molar-refractivity contribution in [3.63, 3.8) is 0 Å². The van der Waals surface area contributed by atoms with E-state index in [1.54, 1.807) is 12.4 Å². The van der Waals surface area contributed by atoms with Gasteiger partial charge < -0.3 is 4.90 Å². The second-order valence-corrected chi connectivity index (χ2v) is 4.65. The molecule has 0 fully saturated rings. The van der Waals surface area contributed by atoms with E-state index in [0.29, 0.717) is 6.42 Å². The number of aromatic nitrogens is 2. The van der Waals surface area contributed by atoms with Crippen LogP contribution in [0.4, 0.5) is 5.69 Å². The maximum absolute atomic E-state index is 12.5. The zero-order valence-electron chi connectivity index (χ0n) is 11.5. The van der Waals surface area contributed by atoms with Gasteiger partial charge in [0.05, 0.1) is 11.9 Å². The standard InChI is InChI=1S/C14H20N4O/c1-3-7-18(8-4-2)14(19)11-5-6-15-13-10-16-17-12(13)9-11/h6,9-10H,3-5,7-8H2,1-2H3,(H,16,17). The molecule has 0 bridgehead atoms. The van der Waals surface area contributed by atoms with Gasteiger partial charge in [0.2, 0.25) is 5.91 Å². The van der Waals surface area contributed by atoms with Gasteiger partial charge in [-0.05, 0) is 18.9 Å². The van der Waals surface area contributed by atoms with Gasteiger partial charge in [-0.1, -0.05) is 13.8 Å². The molecule has 19 heavy (non-hydrogen) atoms. The van der Waals surface area contributed by atoms with E-state index < -0.39 is 0 Å². The van der Waals surface area contributed by atoms with Crippen LogP contribution in [-0.2, 0) is 4.79 Å². The number of amides is 1. The number of carbonyl (C=O) groups is 1. The van der Waals surface area contributed by atoms with Crippen LogP contribution in [0.25, 0.3) is 6.08 Å². The molecule has 0 aliphatic carbocycles. The van der Waals surface area contributed by atoms with E-state index in [0.717, 1.165) is 42.9 Å². The Morgan fingerprint density at radius 3 is 2.79 bits per heavy atom. The molecular weight excluding hydrogens is 240 g/mol. The SMILES string of the molecule is CCCN(CCC)C(=O)C1=Cc2[nH]ncc2N=CC1. The lowest BCUT2D eigenvalue weighted by atomic mass is 10.1. The number of aromatic amines is 1. The predicted octanol–water partition coefficient (Wildman–Crippen LogP) is 2.55. The monoisotopic (exact) mass is 260 g/mol. The van der Waals surface area contributed by atoms with Crippen molar-refractivity contribution in [3.8, 4) is 0 Å². The smallest absolute Gasteiger partial charge is 0.250 e. The number of nitrogens with zero attached hydrogens (tertiary/aromatic N) is 3. The van der Waals surface area contributed by atoms with E-state index in [2.05, 4.69) is 29.0 Å². The molecule has 0 saturated carbocycles. The van der Waals surface area contributed by atoms with E-state index in [1.807, 2.05) is 11.0 Å². The summed E-state index contributed by atoms with van der Waals surface area (Å²) in [7, 11) is 0. The van der Waals surface area contributed by atoms with Gasteiger partial charge in [0.15, 0.2) is 0 Å².